The zero-order valence-electron chi connectivity index (χ0n) is 14.4. The minimum Gasteiger partial charge on any atom is -0.493 e. The van der Waals surface area contributed by atoms with Crippen LogP contribution in [0.1, 0.15) is 59.3 Å². The molecular weight excluding hydrogens is 266 g/mol. The van der Waals surface area contributed by atoms with Crippen molar-refractivity contribution in [3.05, 3.63) is 11.9 Å². The van der Waals surface area contributed by atoms with E-state index < -0.39 is 6.10 Å². The Morgan fingerprint density at radius 1 is 1.24 bits per heavy atom. The van der Waals surface area contributed by atoms with Crippen molar-refractivity contribution < 1.29 is 9.84 Å². The maximum Gasteiger partial charge on any atom is 0.162 e. The van der Waals surface area contributed by atoms with Gasteiger partial charge >= 0.3 is 0 Å². The molecule has 0 fully saturated rings. The molecule has 122 valence electrons. The van der Waals surface area contributed by atoms with Gasteiger partial charge in [0.1, 0.15) is 11.8 Å². The van der Waals surface area contributed by atoms with Crippen LogP contribution in [0.5, 0.6) is 5.75 Å². The van der Waals surface area contributed by atoms with Crippen LogP contribution in [0.15, 0.2) is 6.20 Å². The summed E-state index contributed by atoms with van der Waals surface area (Å²) in [6, 6.07) is 0. The smallest absolute Gasteiger partial charge is 0.162 e. The van der Waals surface area contributed by atoms with Gasteiger partial charge in [-0.1, -0.05) is 27.7 Å². The Morgan fingerprint density at radius 3 is 2.19 bits per heavy atom. The Morgan fingerprint density at radius 2 is 1.81 bits per heavy atom. The number of aliphatic hydroxyl groups is 1. The second-order valence-electron chi connectivity index (χ2n) is 5.30. The van der Waals surface area contributed by atoms with Gasteiger partial charge < -0.3 is 9.84 Å². The average molecular weight is 297 g/mol. The molecule has 0 amide bonds. The fraction of sp³-hybridized carbons (Fsp3) is 0.812. The monoisotopic (exact) mass is 297 g/mol. The van der Waals surface area contributed by atoms with Gasteiger partial charge in [-0.2, -0.15) is 5.10 Å². The van der Waals surface area contributed by atoms with E-state index in [0.29, 0.717) is 5.75 Å². The van der Waals surface area contributed by atoms with Gasteiger partial charge in [0.15, 0.2) is 5.75 Å². The van der Waals surface area contributed by atoms with Crippen molar-refractivity contribution in [3.63, 3.8) is 0 Å². The van der Waals surface area contributed by atoms with Gasteiger partial charge in [-0.25, -0.2) is 0 Å². The lowest BCUT2D eigenvalue weighted by atomic mass is 9.82. The minimum atomic E-state index is -0.621. The highest BCUT2D eigenvalue weighted by atomic mass is 16.5. The van der Waals surface area contributed by atoms with E-state index in [-0.39, 0.29) is 5.54 Å². The van der Waals surface area contributed by atoms with Crippen LogP contribution in [0.3, 0.4) is 0 Å². The Balaban J connectivity index is 3.35. The summed E-state index contributed by atoms with van der Waals surface area (Å²) in [5.41, 5.74) is 0.500. The number of aromatic nitrogens is 2. The molecule has 0 saturated carbocycles. The van der Waals surface area contributed by atoms with Gasteiger partial charge in [0.25, 0.3) is 0 Å². The molecular formula is C16H31N3O2. The van der Waals surface area contributed by atoms with Gasteiger partial charge in [0.2, 0.25) is 0 Å². The van der Waals surface area contributed by atoms with Crippen molar-refractivity contribution in [2.75, 3.05) is 20.2 Å². The Bertz CT molecular complexity index is 402. The van der Waals surface area contributed by atoms with E-state index in [1.54, 1.807) is 13.3 Å². The normalized spacial score (nSPS) is 13.7. The lowest BCUT2D eigenvalue weighted by Crippen LogP contribution is -2.52. The molecule has 1 atom stereocenters. The van der Waals surface area contributed by atoms with Gasteiger partial charge in [0, 0.05) is 6.54 Å². The summed E-state index contributed by atoms with van der Waals surface area (Å²) in [5, 5.41) is 15.5. The summed E-state index contributed by atoms with van der Waals surface area (Å²) in [4.78, 5) is 2.35. The average Bonchev–Trinajstić information content (AvgIpc) is 2.94. The third-order valence-electron chi connectivity index (χ3n) is 4.75. The molecule has 1 heterocycles. The topological polar surface area (TPSA) is 50.5 Å². The number of methoxy groups -OCH3 is 1. The van der Waals surface area contributed by atoms with E-state index in [9.17, 15) is 5.11 Å². The van der Waals surface area contributed by atoms with Crippen LogP contribution in [-0.4, -0.2) is 45.5 Å². The second kappa shape index (κ2) is 7.80. The van der Waals surface area contributed by atoms with Crippen molar-refractivity contribution in [2.24, 2.45) is 0 Å². The van der Waals surface area contributed by atoms with Crippen molar-refractivity contribution in [2.45, 2.75) is 65.6 Å². The number of nitrogens with zero attached hydrogens (tertiary/aromatic N) is 3. The number of aryl methyl sites for hydroxylation is 1. The number of ether oxygens (including phenoxy) is 1. The van der Waals surface area contributed by atoms with Crippen molar-refractivity contribution >= 4 is 0 Å². The predicted octanol–water partition coefficient (Wildman–Crippen LogP) is 2.85. The third kappa shape index (κ3) is 3.09. The minimum absolute atomic E-state index is 0.288. The molecule has 5 nitrogen and oxygen atoms in total. The molecule has 21 heavy (non-hydrogen) atoms. The SMILES string of the molecule is CCN(CC)C(CC)(CC)C(O)c1c(OC)cnn1CC. The first-order chi connectivity index (χ1) is 10.1. The van der Waals surface area contributed by atoms with Crippen molar-refractivity contribution in [1.82, 2.24) is 14.7 Å². The van der Waals surface area contributed by atoms with E-state index in [4.69, 9.17) is 4.74 Å². The van der Waals surface area contributed by atoms with Crippen LogP contribution < -0.4 is 4.74 Å². The highest BCUT2D eigenvalue weighted by molar-refractivity contribution is 5.30. The van der Waals surface area contributed by atoms with E-state index in [1.807, 2.05) is 11.6 Å². The van der Waals surface area contributed by atoms with Gasteiger partial charge in [0.05, 0.1) is 18.8 Å². The summed E-state index contributed by atoms with van der Waals surface area (Å²) >= 11 is 0. The fourth-order valence-electron chi connectivity index (χ4n) is 3.43. The van der Waals surface area contributed by atoms with Crippen LogP contribution in [0.4, 0.5) is 0 Å². The Kier molecular flexibility index (Phi) is 6.68. The lowest BCUT2D eigenvalue weighted by Gasteiger charge is -2.45. The summed E-state index contributed by atoms with van der Waals surface area (Å²) in [6.07, 6.45) is 2.83. The molecule has 0 aromatic carbocycles. The van der Waals surface area contributed by atoms with Crippen LogP contribution in [0.2, 0.25) is 0 Å². The zero-order chi connectivity index (χ0) is 16.0. The van der Waals surface area contributed by atoms with Crippen LogP contribution in [0, 0.1) is 0 Å². The molecule has 1 unspecified atom stereocenters. The van der Waals surface area contributed by atoms with Crippen LogP contribution in [0.25, 0.3) is 0 Å². The number of likely N-dealkylation sites (N-methyl/N-ethyl adjacent to an activating group) is 1. The molecule has 0 radical (unpaired) electrons. The lowest BCUT2D eigenvalue weighted by molar-refractivity contribution is -0.0417. The number of rotatable bonds is 9. The fourth-order valence-corrected chi connectivity index (χ4v) is 3.43. The largest absolute Gasteiger partial charge is 0.493 e. The molecule has 0 aliphatic rings. The quantitative estimate of drug-likeness (QED) is 0.761. The number of aliphatic hydroxyl groups excluding tert-OH is 1. The Hall–Kier alpha value is -1.07. The standard InChI is InChI=1S/C16H31N3O2/c1-7-16(8-2,18(9-3)10-4)15(20)14-13(21-6)12-17-19(14)11-5/h12,15,20H,7-11H2,1-6H3. The molecule has 1 N–H and O–H groups in total. The molecule has 1 aromatic heterocycles. The number of hydrogen-bond acceptors (Lipinski definition) is 4. The molecule has 0 saturated heterocycles. The molecule has 5 heteroatoms. The van der Waals surface area contributed by atoms with Crippen LogP contribution in [-0.2, 0) is 6.54 Å². The van der Waals surface area contributed by atoms with E-state index in [0.717, 1.165) is 38.2 Å². The third-order valence-corrected chi connectivity index (χ3v) is 4.75. The Labute approximate surface area is 128 Å². The maximum atomic E-state index is 11.2. The summed E-state index contributed by atoms with van der Waals surface area (Å²) in [7, 11) is 1.63. The highest BCUT2D eigenvalue weighted by Gasteiger charge is 2.42. The highest BCUT2D eigenvalue weighted by Crippen LogP contribution is 2.40. The van der Waals surface area contributed by atoms with Gasteiger partial charge in [-0.05, 0) is 32.9 Å². The first-order valence-corrected chi connectivity index (χ1v) is 8.08. The summed E-state index contributed by atoms with van der Waals surface area (Å²) in [5.74, 6) is 0.669. The van der Waals surface area contributed by atoms with E-state index in [1.165, 1.54) is 0 Å². The second-order valence-corrected chi connectivity index (χ2v) is 5.30. The molecule has 1 rings (SSSR count). The molecule has 0 bridgehead atoms. The van der Waals surface area contributed by atoms with E-state index in [2.05, 4.69) is 37.7 Å². The first kappa shape index (κ1) is 18.0. The summed E-state index contributed by atoms with van der Waals surface area (Å²) < 4.78 is 7.26. The van der Waals surface area contributed by atoms with Gasteiger partial charge in [-0.15, -0.1) is 0 Å². The summed E-state index contributed by atoms with van der Waals surface area (Å²) in [6.45, 7) is 13.1. The van der Waals surface area contributed by atoms with Gasteiger partial charge in [-0.3, -0.25) is 9.58 Å². The van der Waals surface area contributed by atoms with Crippen molar-refractivity contribution in [1.29, 1.82) is 0 Å². The first-order valence-electron chi connectivity index (χ1n) is 8.08. The zero-order valence-corrected chi connectivity index (χ0v) is 14.4. The van der Waals surface area contributed by atoms with Crippen molar-refractivity contribution in [3.8, 4) is 5.75 Å². The number of hydrogen-bond donors (Lipinski definition) is 1. The van der Waals surface area contributed by atoms with E-state index >= 15 is 0 Å². The molecule has 0 spiro atoms. The maximum absolute atomic E-state index is 11.2. The van der Waals surface area contributed by atoms with Crippen LogP contribution >= 0.6 is 0 Å². The molecule has 0 aliphatic heterocycles. The molecule has 1 aromatic rings. The predicted molar refractivity (Wildman–Crippen MR) is 85.6 cm³/mol. The molecule has 0 aliphatic carbocycles.